The largest absolute Gasteiger partial charge is 0.320 e. The molecule has 0 fully saturated rings. The van der Waals surface area contributed by atoms with Crippen molar-refractivity contribution in [3.63, 3.8) is 0 Å². The van der Waals surface area contributed by atoms with Crippen LogP contribution in [0.4, 0.5) is 0 Å². The standard InChI is InChI=1S/C15H20N4/c1-19-11-17-18-15(19)10-16-9-13-7-4-6-12-5-2-3-8-14(12)13/h2-3,5,8,11,13,16H,4,6-7,9-10H2,1H3. The van der Waals surface area contributed by atoms with Crippen LogP contribution in [0.2, 0.25) is 0 Å². The summed E-state index contributed by atoms with van der Waals surface area (Å²) in [5.41, 5.74) is 3.05. The molecule has 0 spiro atoms. The summed E-state index contributed by atoms with van der Waals surface area (Å²) in [7, 11) is 1.98. The van der Waals surface area contributed by atoms with Gasteiger partial charge in [-0.15, -0.1) is 10.2 Å². The Balaban J connectivity index is 1.61. The van der Waals surface area contributed by atoms with Gasteiger partial charge in [-0.3, -0.25) is 0 Å². The summed E-state index contributed by atoms with van der Waals surface area (Å²) in [4.78, 5) is 0. The molecule has 4 nitrogen and oxygen atoms in total. The van der Waals surface area contributed by atoms with Gasteiger partial charge in [0.2, 0.25) is 0 Å². The van der Waals surface area contributed by atoms with E-state index in [1.54, 1.807) is 6.33 Å². The Morgan fingerprint density at radius 2 is 2.26 bits per heavy atom. The molecule has 1 unspecified atom stereocenters. The summed E-state index contributed by atoms with van der Waals surface area (Å²) in [5, 5.41) is 11.5. The highest BCUT2D eigenvalue weighted by Crippen LogP contribution is 2.30. The molecule has 0 saturated heterocycles. The molecule has 19 heavy (non-hydrogen) atoms. The third kappa shape index (κ3) is 2.68. The lowest BCUT2D eigenvalue weighted by Crippen LogP contribution is -2.25. The van der Waals surface area contributed by atoms with Gasteiger partial charge in [0.25, 0.3) is 0 Å². The molecule has 1 aliphatic rings. The van der Waals surface area contributed by atoms with Gasteiger partial charge in [-0.2, -0.15) is 0 Å². The summed E-state index contributed by atoms with van der Waals surface area (Å²) in [6.45, 7) is 1.80. The van der Waals surface area contributed by atoms with Crippen molar-refractivity contribution in [1.82, 2.24) is 20.1 Å². The lowest BCUT2D eigenvalue weighted by Gasteiger charge is -2.25. The Morgan fingerprint density at radius 1 is 1.37 bits per heavy atom. The van der Waals surface area contributed by atoms with Crippen molar-refractivity contribution in [2.24, 2.45) is 7.05 Å². The molecule has 1 aromatic carbocycles. The molecule has 1 aliphatic carbocycles. The quantitative estimate of drug-likeness (QED) is 0.910. The number of aromatic nitrogens is 3. The fourth-order valence-electron chi connectivity index (χ4n) is 2.89. The van der Waals surface area contributed by atoms with Crippen LogP contribution in [0.1, 0.15) is 35.7 Å². The zero-order chi connectivity index (χ0) is 13.1. The predicted octanol–water partition coefficient (Wildman–Crippen LogP) is 2.02. The lowest BCUT2D eigenvalue weighted by molar-refractivity contribution is 0.499. The average Bonchev–Trinajstić information content (AvgIpc) is 2.85. The van der Waals surface area contributed by atoms with E-state index in [-0.39, 0.29) is 0 Å². The monoisotopic (exact) mass is 256 g/mol. The van der Waals surface area contributed by atoms with Crippen LogP contribution in [0, 0.1) is 0 Å². The number of benzene rings is 1. The van der Waals surface area contributed by atoms with Gasteiger partial charge in [-0.25, -0.2) is 0 Å². The summed E-state index contributed by atoms with van der Waals surface area (Å²) in [6, 6.07) is 8.85. The van der Waals surface area contributed by atoms with Gasteiger partial charge in [-0.05, 0) is 36.3 Å². The molecule has 3 rings (SSSR count). The third-order valence-corrected chi connectivity index (χ3v) is 3.97. The normalized spacial score (nSPS) is 18.3. The molecule has 100 valence electrons. The van der Waals surface area contributed by atoms with Crippen molar-refractivity contribution < 1.29 is 0 Å². The molecular weight excluding hydrogens is 236 g/mol. The first-order valence-corrected chi connectivity index (χ1v) is 6.96. The Bertz CT molecular complexity index is 547. The molecule has 0 bridgehead atoms. The van der Waals surface area contributed by atoms with Crippen LogP contribution in [0.3, 0.4) is 0 Å². The third-order valence-electron chi connectivity index (χ3n) is 3.97. The van der Waals surface area contributed by atoms with E-state index in [0.717, 1.165) is 18.9 Å². The first kappa shape index (κ1) is 12.4. The van der Waals surface area contributed by atoms with Crippen molar-refractivity contribution in [1.29, 1.82) is 0 Å². The number of hydrogen-bond donors (Lipinski definition) is 1. The first-order chi connectivity index (χ1) is 9.34. The number of nitrogens with zero attached hydrogens (tertiary/aromatic N) is 3. The maximum Gasteiger partial charge on any atom is 0.146 e. The van der Waals surface area contributed by atoms with Crippen LogP contribution < -0.4 is 5.32 Å². The second-order valence-electron chi connectivity index (χ2n) is 5.28. The van der Waals surface area contributed by atoms with E-state index in [2.05, 4.69) is 39.8 Å². The van der Waals surface area contributed by atoms with Gasteiger partial charge < -0.3 is 9.88 Å². The summed E-state index contributed by atoms with van der Waals surface area (Å²) in [6.07, 6.45) is 5.55. The predicted molar refractivity (Wildman–Crippen MR) is 74.8 cm³/mol. The number of rotatable bonds is 4. The van der Waals surface area contributed by atoms with Crippen LogP contribution in [0.25, 0.3) is 0 Å². The van der Waals surface area contributed by atoms with Gasteiger partial charge >= 0.3 is 0 Å². The highest BCUT2D eigenvalue weighted by atomic mass is 15.3. The number of aryl methyl sites for hydroxylation is 2. The van der Waals surface area contributed by atoms with E-state index < -0.39 is 0 Å². The summed E-state index contributed by atoms with van der Waals surface area (Å²) >= 11 is 0. The van der Waals surface area contributed by atoms with Crippen molar-refractivity contribution in [2.45, 2.75) is 31.7 Å². The van der Waals surface area contributed by atoms with Crippen molar-refractivity contribution >= 4 is 0 Å². The van der Waals surface area contributed by atoms with E-state index in [4.69, 9.17) is 0 Å². The molecule has 0 radical (unpaired) electrons. The number of hydrogen-bond acceptors (Lipinski definition) is 3. The van der Waals surface area contributed by atoms with Gasteiger partial charge in [0, 0.05) is 13.6 Å². The Morgan fingerprint density at radius 3 is 3.11 bits per heavy atom. The van der Waals surface area contributed by atoms with Gasteiger partial charge in [-0.1, -0.05) is 24.3 Å². The van der Waals surface area contributed by atoms with Crippen molar-refractivity contribution in [2.75, 3.05) is 6.54 Å². The van der Waals surface area contributed by atoms with E-state index in [1.807, 2.05) is 11.6 Å². The first-order valence-electron chi connectivity index (χ1n) is 6.96. The minimum atomic E-state index is 0.637. The average molecular weight is 256 g/mol. The van der Waals surface area contributed by atoms with Gasteiger partial charge in [0.05, 0.1) is 6.54 Å². The number of fused-ring (bicyclic) bond motifs is 1. The maximum absolute atomic E-state index is 4.09. The summed E-state index contributed by atoms with van der Waals surface area (Å²) in [5.74, 6) is 1.63. The van der Waals surface area contributed by atoms with E-state index in [0.29, 0.717) is 5.92 Å². The highest BCUT2D eigenvalue weighted by molar-refractivity contribution is 5.32. The molecule has 1 aromatic heterocycles. The molecule has 1 heterocycles. The fourth-order valence-corrected chi connectivity index (χ4v) is 2.89. The van der Waals surface area contributed by atoms with Crippen molar-refractivity contribution in [3.05, 3.63) is 47.5 Å². The van der Waals surface area contributed by atoms with Crippen LogP contribution in [-0.2, 0) is 20.0 Å². The SMILES string of the molecule is Cn1cnnc1CNCC1CCCc2ccccc21. The molecule has 2 aromatic rings. The van der Waals surface area contributed by atoms with E-state index >= 15 is 0 Å². The highest BCUT2D eigenvalue weighted by Gasteiger charge is 2.19. The molecule has 0 aliphatic heterocycles. The summed E-state index contributed by atoms with van der Waals surface area (Å²) < 4.78 is 1.96. The van der Waals surface area contributed by atoms with E-state index in [9.17, 15) is 0 Å². The lowest BCUT2D eigenvalue weighted by atomic mass is 9.83. The second kappa shape index (κ2) is 5.53. The van der Waals surface area contributed by atoms with Crippen LogP contribution in [0.5, 0.6) is 0 Å². The number of nitrogens with one attached hydrogen (secondary N) is 1. The second-order valence-corrected chi connectivity index (χ2v) is 5.28. The van der Waals surface area contributed by atoms with Gasteiger partial charge in [0.1, 0.15) is 12.2 Å². The van der Waals surface area contributed by atoms with E-state index in [1.165, 1.54) is 30.4 Å². The Hall–Kier alpha value is -1.68. The van der Waals surface area contributed by atoms with Crippen LogP contribution in [0.15, 0.2) is 30.6 Å². The fraction of sp³-hybridized carbons (Fsp3) is 0.467. The minimum Gasteiger partial charge on any atom is -0.320 e. The van der Waals surface area contributed by atoms with Crippen LogP contribution in [-0.4, -0.2) is 21.3 Å². The zero-order valence-corrected chi connectivity index (χ0v) is 11.3. The molecule has 0 saturated carbocycles. The minimum absolute atomic E-state index is 0.637. The van der Waals surface area contributed by atoms with Gasteiger partial charge in [0.15, 0.2) is 0 Å². The molecule has 1 atom stereocenters. The zero-order valence-electron chi connectivity index (χ0n) is 11.3. The Kier molecular flexibility index (Phi) is 3.60. The Labute approximate surface area is 113 Å². The van der Waals surface area contributed by atoms with Crippen LogP contribution >= 0.6 is 0 Å². The molecular formula is C15H20N4. The maximum atomic E-state index is 4.09. The molecule has 1 N–H and O–H groups in total. The topological polar surface area (TPSA) is 42.7 Å². The molecule has 4 heteroatoms. The smallest absolute Gasteiger partial charge is 0.146 e. The van der Waals surface area contributed by atoms with Crippen molar-refractivity contribution in [3.8, 4) is 0 Å². The molecule has 0 amide bonds.